The lowest BCUT2D eigenvalue weighted by atomic mass is 9.81. The van der Waals surface area contributed by atoms with E-state index in [2.05, 4.69) is 13.0 Å². The van der Waals surface area contributed by atoms with Gasteiger partial charge in [-0.2, -0.15) is 0 Å². The van der Waals surface area contributed by atoms with Crippen molar-refractivity contribution >= 4 is 0 Å². The minimum Gasteiger partial charge on any atom is -0.366 e. The van der Waals surface area contributed by atoms with E-state index in [1.54, 1.807) is 6.08 Å². The Balaban J connectivity index is 0.00000200. The van der Waals surface area contributed by atoms with Crippen LogP contribution in [0.15, 0.2) is 36.9 Å². The summed E-state index contributed by atoms with van der Waals surface area (Å²) in [5.41, 5.74) is 0.681. The summed E-state index contributed by atoms with van der Waals surface area (Å²) in [6, 6.07) is 6.72. The van der Waals surface area contributed by atoms with Gasteiger partial charge in [0.1, 0.15) is 5.82 Å². The predicted octanol–water partition coefficient (Wildman–Crippen LogP) is 5.44. The van der Waals surface area contributed by atoms with Crippen LogP contribution in [0, 0.1) is 27.1 Å². The number of benzene rings is 1. The van der Waals surface area contributed by atoms with Crippen molar-refractivity contribution in [1.82, 2.24) is 0 Å². The first-order valence-electron chi connectivity index (χ1n) is 7.12. The molecular weight excluding hydrogens is 263 g/mol. The Hall–Kier alpha value is -1.15. The van der Waals surface area contributed by atoms with Crippen LogP contribution in [0.3, 0.4) is 0 Å². The maximum atomic E-state index is 13.1. The summed E-state index contributed by atoms with van der Waals surface area (Å²) < 4.78 is 19.2. The standard InChI is InChI=1S/C17H22FO.2CH2/c1-2-14-19-17(12-6-4-3-5-7-13-17)15-8-10-16(18)11-9-15;;/h2,8-12H,1,3-7,13-14H2;2*1H2. The first kappa shape index (κ1) is 19.9. The Morgan fingerprint density at radius 1 is 1.10 bits per heavy atom. The molecule has 0 spiro atoms. The molecule has 2 rings (SSSR count). The summed E-state index contributed by atoms with van der Waals surface area (Å²) in [5, 5.41) is 0. The highest BCUT2D eigenvalue weighted by Crippen LogP contribution is 2.38. The van der Waals surface area contributed by atoms with Crippen molar-refractivity contribution in [2.45, 2.75) is 44.1 Å². The van der Waals surface area contributed by atoms with Crippen molar-refractivity contribution in [3.63, 3.8) is 0 Å². The summed E-state index contributed by atoms with van der Waals surface area (Å²) in [6.07, 6.45) is 10.9. The second kappa shape index (κ2) is 9.73. The summed E-state index contributed by atoms with van der Waals surface area (Å²) >= 11 is 0. The van der Waals surface area contributed by atoms with Gasteiger partial charge >= 0.3 is 0 Å². The van der Waals surface area contributed by atoms with Crippen molar-refractivity contribution in [2.75, 3.05) is 6.61 Å². The van der Waals surface area contributed by atoms with Crippen molar-refractivity contribution in [3.8, 4) is 0 Å². The SMILES string of the molecule is C=CCOC1(c2ccc(F)cc2)[CH]CCCCCC1.[CH2].[CH2]. The molecule has 1 unspecified atom stereocenters. The fraction of sp³-hybridized carbons (Fsp3) is 0.421. The molecular formula is C19H26FO. The molecule has 1 aromatic carbocycles. The Kier molecular flexibility index (Phi) is 9.19. The Bertz CT molecular complexity index is 389. The largest absolute Gasteiger partial charge is 0.366 e. The van der Waals surface area contributed by atoms with Crippen LogP contribution in [-0.4, -0.2) is 6.61 Å². The number of rotatable bonds is 4. The van der Waals surface area contributed by atoms with Crippen LogP contribution in [0.1, 0.15) is 44.1 Å². The molecule has 0 heterocycles. The molecule has 0 aliphatic heterocycles. The third-order valence-corrected chi connectivity index (χ3v) is 3.77. The van der Waals surface area contributed by atoms with Gasteiger partial charge in [0.25, 0.3) is 0 Å². The van der Waals surface area contributed by atoms with E-state index in [0.29, 0.717) is 6.61 Å². The monoisotopic (exact) mass is 289 g/mol. The molecule has 1 nitrogen and oxygen atoms in total. The fourth-order valence-electron chi connectivity index (χ4n) is 2.74. The zero-order valence-electron chi connectivity index (χ0n) is 12.8. The van der Waals surface area contributed by atoms with Gasteiger partial charge in [-0.15, -0.1) is 6.58 Å². The molecule has 0 amide bonds. The molecule has 1 fully saturated rings. The molecule has 1 saturated carbocycles. The van der Waals surface area contributed by atoms with Crippen molar-refractivity contribution in [1.29, 1.82) is 0 Å². The lowest BCUT2D eigenvalue weighted by Gasteiger charge is -2.35. The molecule has 0 N–H and O–H groups in total. The number of hydrogen-bond donors (Lipinski definition) is 0. The second-order valence-electron chi connectivity index (χ2n) is 5.15. The topological polar surface area (TPSA) is 9.23 Å². The van der Waals surface area contributed by atoms with Crippen molar-refractivity contribution < 1.29 is 9.13 Å². The Morgan fingerprint density at radius 2 is 1.76 bits per heavy atom. The van der Waals surface area contributed by atoms with Gasteiger partial charge in [0.05, 0.1) is 12.2 Å². The molecule has 2 heteroatoms. The van der Waals surface area contributed by atoms with Crippen LogP contribution in [-0.2, 0) is 10.3 Å². The highest BCUT2D eigenvalue weighted by Gasteiger charge is 2.33. The normalized spacial score (nSPS) is 17.6. The molecule has 5 radical (unpaired) electrons. The molecule has 0 saturated heterocycles. The molecule has 21 heavy (non-hydrogen) atoms. The van der Waals surface area contributed by atoms with Gasteiger partial charge in [-0.05, 0) is 37.0 Å². The number of ether oxygens (including phenoxy) is 1. The van der Waals surface area contributed by atoms with Crippen LogP contribution in [0.4, 0.5) is 4.39 Å². The first-order chi connectivity index (χ1) is 9.27. The van der Waals surface area contributed by atoms with Gasteiger partial charge in [-0.25, -0.2) is 4.39 Å². The van der Waals surface area contributed by atoms with Gasteiger partial charge in [0.2, 0.25) is 0 Å². The lowest BCUT2D eigenvalue weighted by molar-refractivity contribution is -0.0222. The molecule has 1 atom stereocenters. The maximum absolute atomic E-state index is 13.1. The Labute approximate surface area is 130 Å². The van der Waals surface area contributed by atoms with Crippen LogP contribution in [0.25, 0.3) is 0 Å². The maximum Gasteiger partial charge on any atom is 0.123 e. The molecule has 0 bridgehead atoms. The third kappa shape index (κ3) is 5.28. The molecule has 1 aromatic rings. The zero-order chi connectivity index (χ0) is 13.6. The molecule has 1 aliphatic carbocycles. The molecule has 1 aliphatic rings. The van der Waals surface area contributed by atoms with Gasteiger partial charge in [0, 0.05) is 0 Å². The van der Waals surface area contributed by atoms with E-state index in [1.165, 1.54) is 31.4 Å². The lowest BCUT2D eigenvalue weighted by Crippen LogP contribution is -2.31. The van der Waals surface area contributed by atoms with E-state index in [1.807, 2.05) is 12.1 Å². The first-order valence-corrected chi connectivity index (χ1v) is 7.12. The number of halogens is 1. The average molecular weight is 289 g/mol. The Morgan fingerprint density at radius 3 is 2.43 bits per heavy atom. The second-order valence-corrected chi connectivity index (χ2v) is 5.15. The van der Waals surface area contributed by atoms with Crippen LogP contribution in [0.5, 0.6) is 0 Å². The van der Waals surface area contributed by atoms with Gasteiger partial charge in [-0.1, -0.05) is 58.7 Å². The van der Waals surface area contributed by atoms with E-state index in [-0.39, 0.29) is 26.3 Å². The van der Waals surface area contributed by atoms with Crippen molar-refractivity contribution in [3.05, 3.63) is 69.6 Å². The van der Waals surface area contributed by atoms with Gasteiger partial charge < -0.3 is 4.74 Å². The van der Waals surface area contributed by atoms with Gasteiger partial charge in [-0.3, -0.25) is 0 Å². The van der Waals surface area contributed by atoms with Crippen molar-refractivity contribution in [2.24, 2.45) is 0 Å². The van der Waals surface area contributed by atoms with E-state index in [9.17, 15) is 4.39 Å². The fourth-order valence-corrected chi connectivity index (χ4v) is 2.74. The van der Waals surface area contributed by atoms with E-state index in [4.69, 9.17) is 4.74 Å². The van der Waals surface area contributed by atoms with Gasteiger partial charge in [0.15, 0.2) is 0 Å². The van der Waals surface area contributed by atoms with E-state index in [0.717, 1.165) is 24.8 Å². The highest BCUT2D eigenvalue weighted by atomic mass is 19.1. The summed E-state index contributed by atoms with van der Waals surface area (Å²) in [6.45, 7) is 4.25. The summed E-state index contributed by atoms with van der Waals surface area (Å²) in [5.74, 6) is -0.200. The highest BCUT2D eigenvalue weighted by molar-refractivity contribution is 5.27. The number of hydrogen-bond acceptors (Lipinski definition) is 1. The van der Waals surface area contributed by atoms with Crippen LogP contribution in [0.2, 0.25) is 0 Å². The third-order valence-electron chi connectivity index (χ3n) is 3.77. The smallest absolute Gasteiger partial charge is 0.123 e. The summed E-state index contributed by atoms with van der Waals surface area (Å²) in [4.78, 5) is 0. The minimum atomic E-state index is -0.373. The van der Waals surface area contributed by atoms with E-state index < -0.39 is 0 Å². The van der Waals surface area contributed by atoms with Crippen LogP contribution >= 0.6 is 0 Å². The molecule has 0 aromatic heterocycles. The summed E-state index contributed by atoms with van der Waals surface area (Å²) in [7, 11) is 0. The molecule has 115 valence electrons. The van der Waals surface area contributed by atoms with Crippen LogP contribution < -0.4 is 0 Å². The minimum absolute atomic E-state index is 0. The quantitative estimate of drug-likeness (QED) is 0.671. The van der Waals surface area contributed by atoms with E-state index >= 15 is 0 Å². The predicted molar refractivity (Wildman–Crippen MR) is 86.9 cm³/mol. The average Bonchev–Trinajstić information content (AvgIpc) is 2.39. The zero-order valence-corrected chi connectivity index (χ0v) is 12.8.